The van der Waals surface area contributed by atoms with Gasteiger partial charge in [0.2, 0.25) is 0 Å². The Morgan fingerprint density at radius 3 is 0.485 bits per heavy atom. The van der Waals surface area contributed by atoms with Crippen molar-refractivity contribution in [3.63, 3.8) is 0 Å². The molecule has 0 spiro atoms. The number of rotatable bonds is 108. The van der Waals surface area contributed by atoms with Crippen LogP contribution in [0.5, 0.6) is 0 Å². The van der Waals surface area contributed by atoms with Crippen LogP contribution in [0.2, 0.25) is 0 Å². The van der Waals surface area contributed by atoms with Crippen LogP contribution in [0.25, 0.3) is 0 Å². The van der Waals surface area contributed by atoms with Crippen molar-refractivity contribution < 1.29 is 47.7 Å². The zero-order chi connectivity index (χ0) is 97.2. The first-order chi connectivity index (χ1) is 65.9. The molecule has 1 fully saturated rings. The third kappa shape index (κ3) is 81.7. The lowest BCUT2D eigenvalue weighted by Crippen LogP contribution is -2.50. The average Bonchev–Trinajstić information content (AvgIpc) is 0.895. The summed E-state index contributed by atoms with van der Waals surface area (Å²) in [6, 6.07) is 0. The standard InChI is InChI=1S/C119H233N5O10/c1-11-21-31-41-46-66-86-111(81-61-37-27-17-7)116(126)131-106-75-55-50-70-90-120(91-71-51-56-76-107-132-117(127)112(82-62-38-28-18-8)87-67-47-42-32-22-12-2)95-97-122(94-74-54-59-79-109-134-119(129)114(84-64-40-30-20-10)89-69-49-44-34-24-14-4)98-100-124-103-101-123(102-104-124)99-96-121(92-72-52-57-77-105-130-115(125)110(80-60-36-26-16-6)85-65-45-35-25-15-5)93-73-53-58-78-108-133-118(128)113(83-63-39-29-19-9)88-68-48-43-33-23-13-3/h110-114H,11-109H2,1-10H3. The second-order valence-corrected chi connectivity index (χ2v) is 42.3. The van der Waals surface area contributed by atoms with Gasteiger partial charge in [0.05, 0.1) is 62.6 Å². The summed E-state index contributed by atoms with van der Waals surface area (Å²) in [4.78, 5) is 81.9. The van der Waals surface area contributed by atoms with E-state index < -0.39 is 0 Å². The number of ether oxygens (including phenoxy) is 5. The molecule has 0 amide bonds. The molecule has 794 valence electrons. The van der Waals surface area contributed by atoms with Gasteiger partial charge in [-0.2, -0.15) is 0 Å². The van der Waals surface area contributed by atoms with E-state index >= 15 is 0 Å². The second-order valence-electron chi connectivity index (χ2n) is 42.3. The van der Waals surface area contributed by atoms with Crippen molar-refractivity contribution in [1.82, 2.24) is 24.5 Å². The molecule has 1 rings (SSSR count). The molecule has 15 heteroatoms. The van der Waals surface area contributed by atoms with Crippen molar-refractivity contribution in [1.29, 1.82) is 0 Å². The highest BCUT2D eigenvalue weighted by atomic mass is 16.5. The van der Waals surface area contributed by atoms with Gasteiger partial charge in [0.15, 0.2) is 0 Å². The van der Waals surface area contributed by atoms with E-state index in [4.69, 9.17) is 23.7 Å². The minimum absolute atomic E-state index is 0.0452. The molecule has 5 unspecified atom stereocenters. The predicted octanol–water partition coefficient (Wildman–Crippen LogP) is 33.3. The van der Waals surface area contributed by atoms with Gasteiger partial charge in [0.1, 0.15) is 0 Å². The summed E-state index contributed by atoms with van der Waals surface area (Å²) in [5.41, 5.74) is 0. The molecule has 1 aliphatic heterocycles. The van der Waals surface area contributed by atoms with Crippen LogP contribution in [0, 0.1) is 29.6 Å². The van der Waals surface area contributed by atoms with E-state index in [1.807, 2.05) is 0 Å². The smallest absolute Gasteiger partial charge is 0.308 e. The number of hydrogen-bond acceptors (Lipinski definition) is 15. The molecule has 5 atom stereocenters. The Labute approximate surface area is 834 Å². The van der Waals surface area contributed by atoms with E-state index in [1.54, 1.807) is 0 Å². The molecule has 0 N–H and O–H groups in total. The third-order valence-corrected chi connectivity index (χ3v) is 29.7. The van der Waals surface area contributed by atoms with Crippen LogP contribution in [0.15, 0.2) is 0 Å². The maximum atomic E-state index is 13.7. The van der Waals surface area contributed by atoms with Crippen LogP contribution in [0.1, 0.15) is 576 Å². The maximum Gasteiger partial charge on any atom is 0.308 e. The number of unbranched alkanes of at least 4 members (excludes halogenated alkanes) is 54. The third-order valence-electron chi connectivity index (χ3n) is 29.7. The Hall–Kier alpha value is -2.85. The average molecular weight is 1890 g/mol. The van der Waals surface area contributed by atoms with Crippen LogP contribution < -0.4 is 0 Å². The second kappa shape index (κ2) is 102. The zero-order valence-corrected chi connectivity index (χ0v) is 91.7. The van der Waals surface area contributed by atoms with Gasteiger partial charge in [-0.1, -0.05) is 448 Å². The fourth-order valence-electron chi connectivity index (χ4n) is 20.2. The maximum absolute atomic E-state index is 13.7. The molecule has 0 radical (unpaired) electrons. The summed E-state index contributed by atoms with van der Waals surface area (Å²) in [6.07, 6.45) is 91.4. The highest BCUT2D eigenvalue weighted by molar-refractivity contribution is 5.74. The highest BCUT2D eigenvalue weighted by Gasteiger charge is 2.27. The van der Waals surface area contributed by atoms with Gasteiger partial charge in [-0.05, 0) is 161 Å². The Morgan fingerprint density at radius 2 is 0.306 bits per heavy atom. The molecule has 1 saturated heterocycles. The summed E-state index contributed by atoms with van der Waals surface area (Å²) < 4.78 is 30.5. The van der Waals surface area contributed by atoms with E-state index in [-0.39, 0.29) is 59.4 Å². The van der Waals surface area contributed by atoms with Gasteiger partial charge in [-0.15, -0.1) is 0 Å². The number of hydrogen-bond donors (Lipinski definition) is 0. The van der Waals surface area contributed by atoms with Crippen LogP contribution in [-0.2, 0) is 47.7 Å². The van der Waals surface area contributed by atoms with Crippen molar-refractivity contribution in [2.75, 3.05) is 131 Å². The first-order valence-electron chi connectivity index (χ1n) is 60.3. The SMILES string of the molecule is CCCCCCCCC(CCCCCC)C(=O)OCCCCCCN(CCCCCCOC(=O)C(CCCCCC)CCCCCCCC)CCN(CCCCCCOC(=O)C(CCCCCC)CCCCCCCC)CCN1CCN(CCN(CCCCCCOC(=O)C(CCCCCC)CCCCCCC)CCCCCCOC(=O)C(CCCCCC)CCCCCCCC)CC1. The first-order valence-corrected chi connectivity index (χ1v) is 60.3. The fourth-order valence-corrected chi connectivity index (χ4v) is 20.2. The van der Waals surface area contributed by atoms with E-state index in [0.29, 0.717) is 33.0 Å². The topological polar surface area (TPSA) is 148 Å². The minimum Gasteiger partial charge on any atom is -0.465 e. The minimum atomic E-state index is 0.0452. The number of carbonyl (C=O) groups excluding carboxylic acids is 5. The Bertz CT molecular complexity index is 2410. The molecule has 0 bridgehead atoms. The van der Waals surface area contributed by atoms with Gasteiger partial charge in [0, 0.05) is 65.4 Å². The lowest BCUT2D eigenvalue weighted by atomic mass is 9.94. The molecule has 1 aliphatic rings. The predicted molar refractivity (Wildman–Crippen MR) is 576 cm³/mol. The van der Waals surface area contributed by atoms with Gasteiger partial charge >= 0.3 is 29.8 Å². The first kappa shape index (κ1) is 129. The van der Waals surface area contributed by atoms with Crippen LogP contribution in [0.3, 0.4) is 0 Å². The van der Waals surface area contributed by atoms with Crippen molar-refractivity contribution in [2.24, 2.45) is 29.6 Å². The Balaban J connectivity index is 3.41. The fraction of sp³-hybridized carbons (Fsp3) is 0.958. The Morgan fingerprint density at radius 1 is 0.172 bits per heavy atom. The molecular weight excluding hydrogens is 1660 g/mol. The van der Waals surface area contributed by atoms with E-state index in [0.717, 1.165) is 355 Å². The zero-order valence-electron chi connectivity index (χ0n) is 91.7. The van der Waals surface area contributed by atoms with Gasteiger partial charge in [-0.3, -0.25) is 33.8 Å². The molecule has 134 heavy (non-hydrogen) atoms. The monoisotopic (exact) mass is 1890 g/mol. The van der Waals surface area contributed by atoms with Crippen LogP contribution >= 0.6 is 0 Å². The number of piperazine rings is 1. The van der Waals surface area contributed by atoms with Crippen molar-refractivity contribution >= 4 is 29.8 Å². The number of carbonyl (C=O) groups is 5. The number of nitrogens with zero attached hydrogens (tertiary/aromatic N) is 5. The normalized spacial score (nSPS) is 13.9. The summed E-state index contributed by atoms with van der Waals surface area (Å²) in [7, 11) is 0. The van der Waals surface area contributed by atoms with E-state index in [1.165, 1.54) is 250 Å². The van der Waals surface area contributed by atoms with Crippen molar-refractivity contribution in [3.8, 4) is 0 Å². The Kier molecular flexibility index (Phi) is 98.0. The molecular formula is C119H233N5O10. The molecule has 1 heterocycles. The molecule has 0 aromatic rings. The summed E-state index contributed by atoms with van der Waals surface area (Å²) in [5.74, 6) is 0.531. The highest BCUT2D eigenvalue weighted by Crippen LogP contribution is 2.28. The molecule has 0 aromatic carbocycles. The van der Waals surface area contributed by atoms with Gasteiger partial charge in [-0.25, -0.2) is 0 Å². The molecule has 15 nitrogen and oxygen atoms in total. The lowest BCUT2D eigenvalue weighted by Gasteiger charge is -2.37. The van der Waals surface area contributed by atoms with Gasteiger partial charge in [0.25, 0.3) is 0 Å². The summed E-state index contributed by atoms with van der Waals surface area (Å²) in [5, 5.41) is 0. The van der Waals surface area contributed by atoms with Crippen molar-refractivity contribution in [3.05, 3.63) is 0 Å². The van der Waals surface area contributed by atoms with Crippen molar-refractivity contribution in [2.45, 2.75) is 576 Å². The van der Waals surface area contributed by atoms with E-state index in [2.05, 4.69) is 93.7 Å². The molecule has 0 saturated carbocycles. The number of esters is 5. The largest absolute Gasteiger partial charge is 0.465 e. The molecule has 0 aliphatic carbocycles. The van der Waals surface area contributed by atoms with Crippen LogP contribution in [0.4, 0.5) is 0 Å². The van der Waals surface area contributed by atoms with Gasteiger partial charge < -0.3 is 38.4 Å². The molecule has 0 aromatic heterocycles. The quantitative estimate of drug-likeness (QED) is 0.0323. The summed E-state index contributed by atoms with van der Waals surface area (Å²) >= 11 is 0. The summed E-state index contributed by atoms with van der Waals surface area (Å²) in [6.45, 7) is 41.7. The lowest BCUT2D eigenvalue weighted by molar-refractivity contribution is -0.150. The van der Waals surface area contributed by atoms with Crippen LogP contribution in [-0.4, -0.2) is 186 Å². The van der Waals surface area contributed by atoms with E-state index in [9.17, 15) is 24.0 Å².